The maximum atomic E-state index is 5.99. The SMILES string of the molecule is CC(C)C1CNC(C2CC2)CN1CC1CN(C)CCO1. The van der Waals surface area contributed by atoms with Gasteiger partial charge in [0.25, 0.3) is 0 Å². The fraction of sp³-hybridized carbons (Fsp3) is 1.00. The Morgan fingerprint density at radius 2 is 2.05 bits per heavy atom. The van der Waals surface area contributed by atoms with Gasteiger partial charge < -0.3 is 15.0 Å². The Balaban J connectivity index is 1.59. The molecule has 0 bridgehead atoms. The molecule has 3 atom stereocenters. The smallest absolute Gasteiger partial charge is 0.0829 e. The maximum absolute atomic E-state index is 5.99. The highest BCUT2D eigenvalue weighted by molar-refractivity contribution is 4.96. The lowest BCUT2D eigenvalue weighted by Gasteiger charge is -2.45. The van der Waals surface area contributed by atoms with E-state index in [0.29, 0.717) is 18.1 Å². The van der Waals surface area contributed by atoms with Crippen LogP contribution in [0, 0.1) is 11.8 Å². The van der Waals surface area contributed by atoms with Crippen molar-refractivity contribution < 1.29 is 4.74 Å². The third kappa shape index (κ3) is 3.53. The van der Waals surface area contributed by atoms with Gasteiger partial charge in [-0.3, -0.25) is 4.90 Å². The Morgan fingerprint density at radius 1 is 1.25 bits per heavy atom. The molecule has 4 nitrogen and oxygen atoms in total. The van der Waals surface area contributed by atoms with Gasteiger partial charge in [-0.15, -0.1) is 0 Å². The van der Waals surface area contributed by atoms with Crippen molar-refractivity contribution in [1.29, 1.82) is 0 Å². The lowest BCUT2D eigenvalue weighted by atomic mass is 9.96. The van der Waals surface area contributed by atoms with Gasteiger partial charge in [0, 0.05) is 44.8 Å². The highest BCUT2D eigenvalue weighted by Gasteiger charge is 2.38. The van der Waals surface area contributed by atoms with E-state index in [-0.39, 0.29) is 0 Å². The van der Waals surface area contributed by atoms with E-state index >= 15 is 0 Å². The van der Waals surface area contributed by atoms with Gasteiger partial charge in [0.2, 0.25) is 0 Å². The maximum Gasteiger partial charge on any atom is 0.0829 e. The summed E-state index contributed by atoms with van der Waals surface area (Å²) in [5.41, 5.74) is 0. The first-order valence-corrected chi connectivity index (χ1v) is 8.41. The number of morpholine rings is 1. The van der Waals surface area contributed by atoms with Gasteiger partial charge in [-0.25, -0.2) is 0 Å². The molecular formula is C16H31N3O. The topological polar surface area (TPSA) is 27.7 Å². The van der Waals surface area contributed by atoms with Crippen LogP contribution in [0.2, 0.25) is 0 Å². The number of hydrogen-bond donors (Lipinski definition) is 1. The highest BCUT2D eigenvalue weighted by Crippen LogP contribution is 2.34. The van der Waals surface area contributed by atoms with Crippen molar-refractivity contribution in [2.75, 3.05) is 46.4 Å². The minimum absolute atomic E-state index is 0.396. The molecule has 2 heterocycles. The summed E-state index contributed by atoms with van der Waals surface area (Å²) in [6, 6.07) is 1.40. The second kappa shape index (κ2) is 6.30. The van der Waals surface area contributed by atoms with E-state index in [0.717, 1.165) is 44.7 Å². The zero-order valence-corrected chi connectivity index (χ0v) is 13.3. The number of hydrogen-bond acceptors (Lipinski definition) is 4. The first kappa shape index (κ1) is 14.8. The molecule has 116 valence electrons. The van der Waals surface area contributed by atoms with Gasteiger partial charge in [-0.05, 0) is 31.7 Å². The number of likely N-dealkylation sites (N-methyl/N-ethyl adjacent to an activating group) is 1. The number of nitrogens with zero attached hydrogens (tertiary/aromatic N) is 2. The van der Waals surface area contributed by atoms with Gasteiger partial charge in [0.1, 0.15) is 0 Å². The van der Waals surface area contributed by atoms with E-state index in [1.165, 1.54) is 19.4 Å². The van der Waals surface area contributed by atoms with Crippen LogP contribution < -0.4 is 5.32 Å². The summed E-state index contributed by atoms with van der Waals surface area (Å²) in [6.45, 7) is 11.2. The van der Waals surface area contributed by atoms with E-state index in [1.807, 2.05) is 0 Å². The van der Waals surface area contributed by atoms with E-state index < -0.39 is 0 Å². The molecule has 20 heavy (non-hydrogen) atoms. The Labute approximate surface area is 123 Å². The summed E-state index contributed by atoms with van der Waals surface area (Å²) in [5, 5.41) is 3.80. The molecule has 0 amide bonds. The van der Waals surface area contributed by atoms with Crippen LogP contribution in [0.1, 0.15) is 26.7 Å². The summed E-state index contributed by atoms with van der Waals surface area (Å²) in [5.74, 6) is 1.66. The predicted molar refractivity (Wildman–Crippen MR) is 82.0 cm³/mol. The molecular weight excluding hydrogens is 250 g/mol. The van der Waals surface area contributed by atoms with Crippen molar-refractivity contribution >= 4 is 0 Å². The first-order chi connectivity index (χ1) is 9.63. The molecule has 4 heteroatoms. The first-order valence-electron chi connectivity index (χ1n) is 8.41. The largest absolute Gasteiger partial charge is 0.374 e. The zero-order chi connectivity index (χ0) is 14.1. The highest BCUT2D eigenvalue weighted by atomic mass is 16.5. The lowest BCUT2D eigenvalue weighted by Crippen LogP contribution is -2.61. The van der Waals surface area contributed by atoms with Gasteiger partial charge in [0.05, 0.1) is 12.7 Å². The molecule has 0 radical (unpaired) electrons. The van der Waals surface area contributed by atoms with Crippen LogP contribution in [0.25, 0.3) is 0 Å². The van der Waals surface area contributed by atoms with Crippen LogP contribution in [0.3, 0.4) is 0 Å². The fourth-order valence-electron chi connectivity index (χ4n) is 3.77. The summed E-state index contributed by atoms with van der Waals surface area (Å²) >= 11 is 0. The molecule has 1 N–H and O–H groups in total. The van der Waals surface area contributed by atoms with Crippen molar-refractivity contribution in [3.05, 3.63) is 0 Å². The Morgan fingerprint density at radius 3 is 2.70 bits per heavy atom. The van der Waals surface area contributed by atoms with Gasteiger partial charge in [0.15, 0.2) is 0 Å². The summed E-state index contributed by atoms with van der Waals surface area (Å²) in [7, 11) is 2.21. The molecule has 0 aromatic heterocycles. The zero-order valence-electron chi connectivity index (χ0n) is 13.3. The van der Waals surface area contributed by atoms with E-state index in [9.17, 15) is 0 Å². The monoisotopic (exact) mass is 281 g/mol. The van der Waals surface area contributed by atoms with Gasteiger partial charge in [-0.2, -0.15) is 0 Å². The van der Waals surface area contributed by atoms with Crippen LogP contribution in [-0.2, 0) is 4.74 Å². The molecule has 2 saturated heterocycles. The summed E-state index contributed by atoms with van der Waals surface area (Å²) in [6.07, 6.45) is 3.26. The molecule has 1 aliphatic carbocycles. The minimum atomic E-state index is 0.396. The number of nitrogens with one attached hydrogen (secondary N) is 1. The third-order valence-electron chi connectivity index (χ3n) is 5.23. The number of ether oxygens (including phenoxy) is 1. The molecule has 0 spiro atoms. The van der Waals surface area contributed by atoms with Crippen molar-refractivity contribution in [3.63, 3.8) is 0 Å². The van der Waals surface area contributed by atoms with E-state index in [1.54, 1.807) is 0 Å². The summed E-state index contributed by atoms with van der Waals surface area (Å²) in [4.78, 5) is 5.12. The predicted octanol–water partition coefficient (Wildman–Crippen LogP) is 1.03. The number of piperazine rings is 1. The van der Waals surface area contributed by atoms with Crippen molar-refractivity contribution in [2.45, 2.75) is 44.9 Å². The van der Waals surface area contributed by atoms with Crippen molar-refractivity contribution in [3.8, 4) is 0 Å². The molecule has 3 unspecified atom stereocenters. The van der Waals surface area contributed by atoms with Gasteiger partial charge >= 0.3 is 0 Å². The Bertz CT molecular complexity index is 319. The molecule has 1 saturated carbocycles. The van der Waals surface area contributed by atoms with Crippen molar-refractivity contribution in [2.24, 2.45) is 11.8 Å². The third-order valence-corrected chi connectivity index (χ3v) is 5.23. The summed E-state index contributed by atoms with van der Waals surface area (Å²) < 4.78 is 5.99. The Hall–Kier alpha value is -0.160. The quantitative estimate of drug-likeness (QED) is 0.833. The minimum Gasteiger partial charge on any atom is -0.374 e. The van der Waals surface area contributed by atoms with Gasteiger partial charge in [-0.1, -0.05) is 13.8 Å². The van der Waals surface area contributed by atoms with Crippen LogP contribution in [0.4, 0.5) is 0 Å². The molecule has 0 aromatic rings. The average Bonchev–Trinajstić information content (AvgIpc) is 3.22. The Kier molecular flexibility index (Phi) is 4.65. The normalized spacial score (nSPS) is 37.5. The second-order valence-corrected chi connectivity index (χ2v) is 7.37. The second-order valence-electron chi connectivity index (χ2n) is 7.37. The lowest BCUT2D eigenvalue weighted by molar-refractivity contribution is -0.0509. The standard InChI is InChI=1S/C16H31N3O/c1-12(2)16-8-17-15(13-4-5-13)11-19(16)10-14-9-18(3)6-7-20-14/h12-17H,4-11H2,1-3H3. The molecule has 3 rings (SSSR count). The van der Waals surface area contributed by atoms with Crippen LogP contribution in [0.5, 0.6) is 0 Å². The van der Waals surface area contributed by atoms with Crippen LogP contribution >= 0.6 is 0 Å². The molecule has 0 aromatic carbocycles. The van der Waals surface area contributed by atoms with Crippen molar-refractivity contribution in [1.82, 2.24) is 15.1 Å². The van der Waals surface area contributed by atoms with Crippen LogP contribution in [0.15, 0.2) is 0 Å². The van der Waals surface area contributed by atoms with Crippen LogP contribution in [-0.4, -0.2) is 74.4 Å². The number of rotatable bonds is 4. The molecule has 3 fully saturated rings. The molecule has 2 aliphatic heterocycles. The van der Waals surface area contributed by atoms with E-state index in [2.05, 4.69) is 36.0 Å². The van der Waals surface area contributed by atoms with E-state index in [4.69, 9.17) is 4.74 Å². The fourth-order valence-corrected chi connectivity index (χ4v) is 3.77. The molecule has 3 aliphatic rings. The average molecular weight is 281 g/mol.